The summed E-state index contributed by atoms with van der Waals surface area (Å²) in [6.45, 7) is -0.0948. The summed E-state index contributed by atoms with van der Waals surface area (Å²) < 4.78 is 10.8. The first-order chi connectivity index (χ1) is 17.7. The van der Waals surface area contributed by atoms with Crippen molar-refractivity contribution in [3.8, 4) is 45.4 Å². The number of methoxy groups -OCH3 is 1. The number of imidazole rings is 1. The Kier molecular flexibility index (Phi) is 6.76. The van der Waals surface area contributed by atoms with Gasteiger partial charge in [-0.1, -0.05) is 60.7 Å². The second-order valence-electron chi connectivity index (χ2n) is 8.13. The summed E-state index contributed by atoms with van der Waals surface area (Å²) in [7, 11) is 1.60. The fourth-order valence-corrected chi connectivity index (χ4v) is 3.86. The van der Waals surface area contributed by atoms with Crippen LogP contribution in [0, 0.1) is 0 Å². The Hall–Kier alpha value is -4.84. The zero-order chi connectivity index (χ0) is 24.7. The highest BCUT2D eigenvalue weighted by Crippen LogP contribution is 2.33. The number of ether oxygens (including phenoxy) is 2. The van der Waals surface area contributed by atoms with Crippen LogP contribution in [-0.2, 0) is 4.79 Å². The highest BCUT2D eigenvalue weighted by Gasteiger charge is 2.15. The van der Waals surface area contributed by atoms with E-state index in [1.54, 1.807) is 31.4 Å². The van der Waals surface area contributed by atoms with E-state index in [1.165, 1.54) is 0 Å². The van der Waals surface area contributed by atoms with E-state index in [4.69, 9.17) is 14.5 Å². The quantitative estimate of drug-likeness (QED) is 0.271. The molecule has 6 nitrogen and oxygen atoms in total. The topological polar surface area (TPSA) is 76.2 Å². The molecule has 0 aliphatic carbocycles. The van der Waals surface area contributed by atoms with Gasteiger partial charge in [0.05, 0.1) is 18.5 Å². The predicted octanol–water partition coefficient (Wildman–Crippen LogP) is 6.44. The number of carbonyl (C=O) groups is 1. The summed E-state index contributed by atoms with van der Waals surface area (Å²) in [4.78, 5) is 20.7. The molecule has 0 aliphatic heterocycles. The van der Waals surface area contributed by atoms with Crippen LogP contribution in [0.3, 0.4) is 0 Å². The van der Waals surface area contributed by atoms with Gasteiger partial charge in [-0.15, -0.1) is 0 Å². The summed E-state index contributed by atoms with van der Waals surface area (Å²) in [5.41, 5.74) is 5.57. The summed E-state index contributed by atoms with van der Waals surface area (Å²) in [6.07, 6.45) is 0. The molecule has 0 bridgehead atoms. The van der Waals surface area contributed by atoms with E-state index in [9.17, 15) is 4.79 Å². The van der Waals surface area contributed by atoms with Gasteiger partial charge < -0.3 is 19.8 Å². The highest BCUT2D eigenvalue weighted by atomic mass is 16.5. The largest absolute Gasteiger partial charge is 0.497 e. The Morgan fingerprint density at radius 2 is 1.36 bits per heavy atom. The van der Waals surface area contributed by atoms with Crippen LogP contribution >= 0.6 is 0 Å². The Labute approximate surface area is 209 Å². The van der Waals surface area contributed by atoms with E-state index in [0.717, 1.165) is 39.7 Å². The summed E-state index contributed by atoms with van der Waals surface area (Å²) >= 11 is 0. The second-order valence-corrected chi connectivity index (χ2v) is 8.13. The molecule has 1 amide bonds. The maximum Gasteiger partial charge on any atom is 0.262 e. The van der Waals surface area contributed by atoms with Gasteiger partial charge in [0.15, 0.2) is 6.61 Å². The van der Waals surface area contributed by atoms with Gasteiger partial charge in [-0.3, -0.25) is 4.79 Å². The Morgan fingerprint density at radius 1 is 0.750 bits per heavy atom. The lowest BCUT2D eigenvalue weighted by atomic mass is 10.1. The van der Waals surface area contributed by atoms with Gasteiger partial charge in [-0.2, -0.15) is 0 Å². The molecule has 5 rings (SSSR count). The number of nitrogens with one attached hydrogen (secondary N) is 2. The zero-order valence-corrected chi connectivity index (χ0v) is 19.8. The number of rotatable bonds is 8. The molecule has 4 aromatic carbocycles. The van der Waals surface area contributed by atoms with Crippen LogP contribution in [0.2, 0.25) is 0 Å². The average Bonchev–Trinajstić information content (AvgIpc) is 3.39. The standard InChI is InChI=1S/C30H25N3O3/c1-35-25-18-14-24(15-19-25)31-27(34)20-36-26-16-12-23(13-17-26)30-32-28(21-8-4-2-5-9-21)29(33-30)22-10-6-3-7-11-22/h2-19H,20H2,1H3,(H,31,34)(H,32,33). The van der Waals surface area contributed by atoms with Crippen LogP contribution in [-0.4, -0.2) is 29.6 Å². The van der Waals surface area contributed by atoms with Crippen LogP contribution < -0.4 is 14.8 Å². The average molecular weight is 476 g/mol. The molecule has 0 spiro atoms. The van der Waals surface area contributed by atoms with Crippen molar-refractivity contribution in [1.29, 1.82) is 0 Å². The molecule has 0 saturated carbocycles. The normalized spacial score (nSPS) is 10.6. The number of benzene rings is 4. The highest BCUT2D eigenvalue weighted by molar-refractivity contribution is 5.92. The van der Waals surface area contributed by atoms with Gasteiger partial charge in [0.2, 0.25) is 0 Å². The molecule has 36 heavy (non-hydrogen) atoms. The maximum absolute atomic E-state index is 12.3. The minimum Gasteiger partial charge on any atom is -0.497 e. The lowest BCUT2D eigenvalue weighted by Crippen LogP contribution is -2.20. The van der Waals surface area contributed by atoms with Crippen molar-refractivity contribution >= 4 is 11.6 Å². The third kappa shape index (κ3) is 5.28. The van der Waals surface area contributed by atoms with Gasteiger partial charge in [-0.05, 0) is 48.5 Å². The molecule has 5 aromatic rings. The van der Waals surface area contributed by atoms with Crippen molar-refractivity contribution in [3.05, 3.63) is 109 Å². The van der Waals surface area contributed by atoms with Crippen molar-refractivity contribution < 1.29 is 14.3 Å². The molecule has 178 valence electrons. The number of aromatic nitrogens is 2. The van der Waals surface area contributed by atoms with Gasteiger partial charge in [-0.25, -0.2) is 4.98 Å². The molecular formula is C30H25N3O3. The van der Waals surface area contributed by atoms with Crippen LogP contribution in [0.4, 0.5) is 5.69 Å². The predicted molar refractivity (Wildman–Crippen MR) is 142 cm³/mol. The monoisotopic (exact) mass is 475 g/mol. The van der Waals surface area contributed by atoms with E-state index in [-0.39, 0.29) is 12.5 Å². The number of hydrogen-bond donors (Lipinski definition) is 2. The molecule has 0 radical (unpaired) electrons. The molecular weight excluding hydrogens is 450 g/mol. The summed E-state index contributed by atoms with van der Waals surface area (Å²) in [6, 6.07) is 35.0. The first kappa shape index (κ1) is 22.9. The Bertz CT molecular complexity index is 1370. The molecule has 0 fully saturated rings. The first-order valence-electron chi connectivity index (χ1n) is 11.6. The van der Waals surface area contributed by atoms with Gasteiger partial charge in [0.1, 0.15) is 17.3 Å². The fourth-order valence-electron chi connectivity index (χ4n) is 3.86. The minimum absolute atomic E-state index is 0.0948. The Balaban J connectivity index is 1.30. The third-order valence-corrected chi connectivity index (χ3v) is 5.68. The van der Waals surface area contributed by atoms with Crippen molar-refractivity contribution in [3.63, 3.8) is 0 Å². The molecule has 0 unspecified atom stereocenters. The number of amides is 1. The zero-order valence-electron chi connectivity index (χ0n) is 19.8. The van der Waals surface area contributed by atoms with Crippen LogP contribution in [0.25, 0.3) is 33.9 Å². The number of H-pyrrole nitrogens is 1. The number of aromatic amines is 1. The number of hydrogen-bond acceptors (Lipinski definition) is 4. The summed E-state index contributed by atoms with van der Waals surface area (Å²) in [5, 5.41) is 2.81. The fraction of sp³-hybridized carbons (Fsp3) is 0.0667. The molecule has 6 heteroatoms. The van der Waals surface area contributed by atoms with E-state index in [1.807, 2.05) is 60.7 Å². The minimum atomic E-state index is -0.240. The van der Waals surface area contributed by atoms with Crippen molar-refractivity contribution in [2.75, 3.05) is 19.0 Å². The molecule has 1 aromatic heterocycles. The summed E-state index contributed by atoms with van der Waals surface area (Å²) in [5.74, 6) is 1.85. The number of anilines is 1. The Morgan fingerprint density at radius 3 is 2.00 bits per heavy atom. The van der Waals surface area contributed by atoms with Crippen molar-refractivity contribution in [2.24, 2.45) is 0 Å². The number of carbonyl (C=O) groups excluding carboxylic acids is 1. The van der Waals surface area contributed by atoms with Crippen LogP contribution in [0.5, 0.6) is 11.5 Å². The van der Waals surface area contributed by atoms with Gasteiger partial charge in [0, 0.05) is 22.4 Å². The molecule has 2 N–H and O–H groups in total. The molecule has 0 saturated heterocycles. The lowest BCUT2D eigenvalue weighted by molar-refractivity contribution is -0.118. The van der Waals surface area contributed by atoms with Crippen molar-refractivity contribution in [2.45, 2.75) is 0 Å². The van der Waals surface area contributed by atoms with Crippen LogP contribution in [0.15, 0.2) is 109 Å². The van der Waals surface area contributed by atoms with Crippen LogP contribution in [0.1, 0.15) is 0 Å². The van der Waals surface area contributed by atoms with E-state index in [0.29, 0.717) is 11.4 Å². The van der Waals surface area contributed by atoms with Crippen molar-refractivity contribution in [1.82, 2.24) is 9.97 Å². The lowest BCUT2D eigenvalue weighted by Gasteiger charge is -2.08. The maximum atomic E-state index is 12.3. The molecule has 1 heterocycles. The van der Waals surface area contributed by atoms with E-state index < -0.39 is 0 Å². The molecule has 0 atom stereocenters. The van der Waals surface area contributed by atoms with Gasteiger partial charge in [0.25, 0.3) is 5.91 Å². The molecule has 0 aliphatic rings. The van der Waals surface area contributed by atoms with Gasteiger partial charge >= 0.3 is 0 Å². The first-order valence-corrected chi connectivity index (χ1v) is 11.6. The van der Waals surface area contributed by atoms with E-state index in [2.05, 4.69) is 34.6 Å². The second kappa shape index (κ2) is 10.6. The number of nitrogens with zero attached hydrogens (tertiary/aromatic N) is 1. The SMILES string of the molecule is COc1ccc(NC(=O)COc2ccc(-c3nc(-c4ccccc4)c(-c4ccccc4)[nH]3)cc2)cc1. The smallest absolute Gasteiger partial charge is 0.262 e. The third-order valence-electron chi connectivity index (χ3n) is 5.68. The van der Waals surface area contributed by atoms with E-state index >= 15 is 0 Å².